The number of hydrogen-bond acceptors (Lipinski definition) is 8. The standard InChI is InChI=1S/C20H22N4O5S3/c1-14-4-8-16(9-5-14)31(26,27)13-18-21-22-20(24(18)3)30-12-19(25)23-32(28,29)17-10-6-15(2)7-11-17/h4-11H,12-13H2,1-3H3,(H,23,25). The van der Waals surface area contributed by atoms with Crippen molar-refractivity contribution >= 4 is 37.5 Å². The fourth-order valence-corrected chi connectivity index (χ4v) is 5.80. The summed E-state index contributed by atoms with van der Waals surface area (Å²) in [5, 5.41) is 8.13. The molecule has 0 radical (unpaired) electrons. The van der Waals surface area contributed by atoms with Crippen molar-refractivity contribution in [2.24, 2.45) is 7.05 Å². The minimum atomic E-state index is -3.98. The minimum Gasteiger partial charge on any atom is -0.308 e. The van der Waals surface area contributed by atoms with Gasteiger partial charge in [0, 0.05) is 7.05 Å². The Morgan fingerprint density at radius 1 is 0.906 bits per heavy atom. The molecule has 32 heavy (non-hydrogen) atoms. The van der Waals surface area contributed by atoms with Crippen molar-refractivity contribution < 1.29 is 21.6 Å². The van der Waals surface area contributed by atoms with Gasteiger partial charge in [0.1, 0.15) is 11.6 Å². The van der Waals surface area contributed by atoms with Gasteiger partial charge in [-0.15, -0.1) is 10.2 Å². The Morgan fingerprint density at radius 2 is 1.44 bits per heavy atom. The number of aromatic nitrogens is 3. The van der Waals surface area contributed by atoms with Crippen LogP contribution in [0.4, 0.5) is 0 Å². The highest BCUT2D eigenvalue weighted by atomic mass is 32.2. The van der Waals surface area contributed by atoms with Gasteiger partial charge in [-0.3, -0.25) is 4.79 Å². The summed E-state index contributed by atoms with van der Waals surface area (Å²) in [7, 11) is -6.01. The van der Waals surface area contributed by atoms with Crippen molar-refractivity contribution in [1.29, 1.82) is 0 Å². The van der Waals surface area contributed by atoms with Gasteiger partial charge in [0.05, 0.1) is 15.5 Å². The number of benzene rings is 2. The predicted molar refractivity (Wildman–Crippen MR) is 120 cm³/mol. The Bertz CT molecular complexity index is 1330. The number of amides is 1. The summed E-state index contributed by atoms with van der Waals surface area (Å²) in [4.78, 5) is 12.3. The lowest BCUT2D eigenvalue weighted by Gasteiger charge is -2.08. The average Bonchev–Trinajstić information content (AvgIpc) is 3.05. The van der Waals surface area contributed by atoms with Crippen LogP contribution < -0.4 is 4.72 Å². The molecule has 0 spiro atoms. The second-order valence-electron chi connectivity index (χ2n) is 7.16. The third-order valence-corrected chi connectivity index (χ3v) is 8.57. The number of aryl methyl sites for hydroxylation is 2. The zero-order valence-corrected chi connectivity index (χ0v) is 20.1. The third-order valence-electron chi connectivity index (χ3n) is 4.54. The van der Waals surface area contributed by atoms with E-state index in [9.17, 15) is 21.6 Å². The fraction of sp³-hybridized carbons (Fsp3) is 0.250. The van der Waals surface area contributed by atoms with Crippen molar-refractivity contribution in [3.63, 3.8) is 0 Å². The molecule has 0 fully saturated rings. The highest BCUT2D eigenvalue weighted by Crippen LogP contribution is 2.20. The van der Waals surface area contributed by atoms with Gasteiger partial charge in [-0.1, -0.05) is 47.2 Å². The van der Waals surface area contributed by atoms with Gasteiger partial charge >= 0.3 is 0 Å². The van der Waals surface area contributed by atoms with Crippen LogP contribution in [0.5, 0.6) is 0 Å². The highest BCUT2D eigenvalue weighted by Gasteiger charge is 2.22. The van der Waals surface area contributed by atoms with E-state index in [4.69, 9.17) is 0 Å². The molecule has 3 aromatic rings. The van der Waals surface area contributed by atoms with E-state index in [1.807, 2.05) is 18.6 Å². The molecule has 1 amide bonds. The zero-order chi connectivity index (χ0) is 23.5. The molecule has 9 nitrogen and oxygen atoms in total. The van der Waals surface area contributed by atoms with Crippen molar-refractivity contribution in [2.45, 2.75) is 34.5 Å². The fourth-order valence-electron chi connectivity index (χ4n) is 2.68. The van der Waals surface area contributed by atoms with Gasteiger partial charge < -0.3 is 4.57 Å². The maximum Gasteiger partial charge on any atom is 0.264 e. The number of rotatable bonds is 8. The molecule has 0 aliphatic rings. The lowest BCUT2D eigenvalue weighted by atomic mass is 10.2. The van der Waals surface area contributed by atoms with Crippen molar-refractivity contribution in [2.75, 3.05) is 5.75 Å². The van der Waals surface area contributed by atoms with Crippen LogP contribution in [0, 0.1) is 13.8 Å². The summed E-state index contributed by atoms with van der Waals surface area (Å²) in [6.45, 7) is 3.69. The molecule has 2 aromatic carbocycles. The molecular formula is C20H22N4O5S3. The first-order chi connectivity index (χ1) is 15.0. The molecule has 1 N–H and O–H groups in total. The smallest absolute Gasteiger partial charge is 0.264 e. The number of thioether (sulfide) groups is 1. The Kier molecular flexibility index (Phi) is 7.06. The van der Waals surface area contributed by atoms with E-state index in [0.717, 1.165) is 22.9 Å². The van der Waals surface area contributed by atoms with Crippen molar-refractivity contribution in [3.8, 4) is 0 Å². The van der Waals surface area contributed by atoms with Crippen LogP contribution in [0.3, 0.4) is 0 Å². The number of hydrogen-bond donors (Lipinski definition) is 1. The highest BCUT2D eigenvalue weighted by molar-refractivity contribution is 8.00. The zero-order valence-electron chi connectivity index (χ0n) is 17.6. The molecular weight excluding hydrogens is 472 g/mol. The molecule has 0 atom stereocenters. The van der Waals surface area contributed by atoms with Crippen LogP contribution in [-0.2, 0) is 37.5 Å². The molecule has 170 valence electrons. The molecule has 0 bridgehead atoms. The summed E-state index contributed by atoms with van der Waals surface area (Å²) < 4.78 is 53.4. The second-order valence-corrected chi connectivity index (χ2v) is 11.8. The predicted octanol–water partition coefficient (Wildman–Crippen LogP) is 2.00. The van der Waals surface area contributed by atoms with Gasteiger partial charge in [0.25, 0.3) is 10.0 Å². The molecule has 1 heterocycles. The van der Waals surface area contributed by atoms with Gasteiger partial charge in [0.2, 0.25) is 5.91 Å². The normalized spacial score (nSPS) is 12.0. The van der Waals surface area contributed by atoms with Crippen molar-refractivity contribution in [3.05, 3.63) is 65.5 Å². The quantitative estimate of drug-likeness (QED) is 0.471. The summed E-state index contributed by atoms with van der Waals surface area (Å²) in [6.07, 6.45) is 0. The number of nitrogens with one attached hydrogen (secondary N) is 1. The maximum atomic E-state index is 12.6. The van der Waals surface area contributed by atoms with Crippen LogP contribution in [0.1, 0.15) is 17.0 Å². The first kappa shape index (κ1) is 24.0. The lowest BCUT2D eigenvalue weighted by molar-refractivity contribution is -0.116. The molecule has 12 heteroatoms. The number of carbonyl (C=O) groups excluding carboxylic acids is 1. The number of sulfone groups is 1. The maximum absolute atomic E-state index is 12.6. The second kappa shape index (κ2) is 9.43. The van der Waals surface area contributed by atoms with Crippen molar-refractivity contribution in [1.82, 2.24) is 19.5 Å². The van der Waals surface area contributed by atoms with E-state index in [2.05, 4.69) is 10.2 Å². The summed E-state index contributed by atoms with van der Waals surface area (Å²) >= 11 is 0.956. The minimum absolute atomic E-state index is 0.0105. The summed E-state index contributed by atoms with van der Waals surface area (Å²) in [5.41, 5.74) is 1.84. The van der Waals surface area contributed by atoms with Crippen LogP contribution >= 0.6 is 11.8 Å². The molecule has 0 unspecified atom stereocenters. The van der Waals surface area contributed by atoms with Crippen LogP contribution in [0.25, 0.3) is 0 Å². The van der Waals surface area contributed by atoms with Crippen LogP contribution in [0.15, 0.2) is 63.5 Å². The topological polar surface area (TPSA) is 128 Å². The van der Waals surface area contributed by atoms with Gasteiger partial charge in [-0.2, -0.15) is 0 Å². The first-order valence-corrected chi connectivity index (χ1v) is 13.5. The summed E-state index contributed by atoms with van der Waals surface area (Å²) in [5.74, 6) is -1.11. The van der Waals surface area contributed by atoms with E-state index < -0.39 is 25.8 Å². The van der Waals surface area contributed by atoms with Crippen LogP contribution in [-0.4, -0.2) is 43.3 Å². The molecule has 3 rings (SSSR count). The number of sulfonamides is 1. The Hall–Kier alpha value is -2.70. The van der Waals surface area contributed by atoms with E-state index >= 15 is 0 Å². The Morgan fingerprint density at radius 3 is 2.00 bits per heavy atom. The monoisotopic (exact) mass is 494 g/mol. The van der Waals surface area contributed by atoms with Gasteiger partial charge in [0.15, 0.2) is 15.0 Å². The van der Waals surface area contributed by atoms with Gasteiger partial charge in [-0.25, -0.2) is 21.6 Å². The molecule has 0 aliphatic carbocycles. The van der Waals surface area contributed by atoms with E-state index in [0.29, 0.717) is 5.16 Å². The molecule has 0 saturated heterocycles. The van der Waals surface area contributed by atoms with E-state index in [1.165, 1.54) is 28.8 Å². The molecule has 0 saturated carbocycles. The Labute approximate surface area is 191 Å². The number of nitrogens with zero attached hydrogens (tertiary/aromatic N) is 3. The largest absolute Gasteiger partial charge is 0.308 e. The Balaban J connectivity index is 1.64. The molecule has 0 aliphatic heterocycles. The molecule has 1 aromatic heterocycles. The van der Waals surface area contributed by atoms with Crippen LogP contribution in [0.2, 0.25) is 0 Å². The summed E-state index contributed by atoms with van der Waals surface area (Å²) in [6, 6.07) is 12.6. The van der Waals surface area contributed by atoms with Gasteiger partial charge in [-0.05, 0) is 38.1 Å². The van der Waals surface area contributed by atoms with E-state index in [1.54, 1.807) is 31.3 Å². The average molecular weight is 495 g/mol. The first-order valence-electron chi connectivity index (χ1n) is 9.41. The number of carbonyl (C=O) groups is 1. The third kappa shape index (κ3) is 5.75. The van der Waals surface area contributed by atoms with E-state index in [-0.39, 0.29) is 27.1 Å². The lowest BCUT2D eigenvalue weighted by Crippen LogP contribution is -2.32. The SMILES string of the molecule is Cc1ccc(S(=O)(=O)Cc2nnc(SCC(=O)NS(=O)(=O)c3ccc(C)cc3)n2C)cc1.